The molecule has 0 unspecified atom stereocenters. The summed E-state index contributed by atoms with van der Waals surface area (Å²) in [5.74, 6) is 0.0621. The Bertz CT molecular complexity index is 1060. The Morgan fingerprint density at radius 3 is 2.70 bits per heavy atom. The molecule has 6 heteroatoms. The molecule has 5 rings (SSSR count). The molecule has 1 fully saturated rings. The first-order valence-electron chi connectivity index (χ1n) is 10.3. The van der Waals surface area contributed by atoms with Crippen LogP contribution in [0.25, 0.3) is 11.1 Å². The number of aliphatic hydroxyl groups is 1. The van der Waals surface area contributed by atoms with Gasteiger partial charge in [-0.2, -0.15) is 0 Å². The molecule has 2 aliphatic heterocycles. The van der Waals surface area contributed by atoms with E-state index < -0.39 is 0 Å². The first kappa shape index (κ1) is 18.8. The number of anilines is 1. The molecular formula is C24H24N4O2. The van der Waals surface area contributed by atoms with Crippen LogP contribution in [0, 0.1) is 5.92 Å². The molecule has 2 aromatic carbocycles. The second-order valence-corrected chi connectivity index (χ2v) is 7.99. The number of hydrogen-bond donors (Lipinski definition) is 1. The summed E-state index contributed by atoms with van der Waals surface area (Å²) in [5, 5.41) is 10.1. The van der Waals surface area contributed by atoms with Gasteiger partial charge in [-0.05, 0) is 35.2 Å². The van der Waals surface area contributed by atoms with Gasteiger partial charge < -0.3 is 14.9 Å². The number of fused-ring (bicyclic) bond motifs is 3. The van der Waals surface area contributed by atoms with E-state index in [9.17, 15) is 9.90 Å². The van der Waals surface area contributed by atoms with E-state index in [1.54, 1.807) is 12.4 Å². The van der Waals surface area contributed by atoms with Gasteiger partial charge in [0.05, 0.1) is 24.9 Å². The average Bonchev–Trinajstić information content (AvgIpc) is 3.25. The standard InChI is InChI=1S/C24H24N4O2/c1-27-21-8-7-17(16-5-3-2-4-6-16)13-19(21)23-18(22(27)15-29)9-12-28(23)24(30)20-14-25-10-11-26-20/h2-8,10-11,13-14,18,22-23,29H,9,12,15H2,1H3/t18-,22+,23-/m0/s1. The van der Waals surface area contributed by atoms with Crippen LogP contribution in [0.15, 0.2) is 67.1 Å². The fourth-order valence-electron chi connectivity index (χ4n) is 5.05. The van der Waals surface area contributed by atoms with E-state index in [-0.39, 0.29) is 30.5 Å². The highest BCUT2D eigenvalue weighted by Gasteiger charge is 2.48. The maximum absolute atomic E-state index is 13.3. The van der Waals surface area contributed by atoms with E-state index >= 15 is 0 Å². The minimum Gasteiger partial charge on any atom is -0.394 e. The van der Waals surface area contributed by atoms with E-state index in [1.165, 1.54) is 6.20 Å². The zero-order valence-corrected chi connectivity index (χ0v) is 16.8. The molecule has 1 amide bonds. The Labute approximate surface area is 175 Å². The van der Waals surface area contributed by atoms with Crippen molar-refractivity contribution in [3.05, 3.63) is 78.4 Å². The Morgan fingerprint density at radius 2 is 1.97 bits per heavy atom. The number of amides is 1. The Morgan fingerprint density at radius 1 is 1.13 bits per heavy atom. The highest BCUT2D eigenvalue weighted by Crippen LogP contribution is 2.49. The normalized spacial score (nSPS) is 22.5. The monoisotopic (exact) mass is 400 g/mol. The topological polar surface area (TPSA) is 69.6 Å². The largest absolute Gasteiger partial charge is 0.394 e. The van der Waals surface area contributed by atoms with Gasteiger partial charge in [-0.3, -0.25) is 9.78 Å². The lowest BCUT2D eigenvalue weighted by Gasteiger charge is -2.44. The molecule has 3 atom stereocenters. The number of carbonyl (C=O) groups excluding carboxylic acids is 1. The van der Waals surface area contributed by atoms with Gasteiger partial charge in [0.25, 0.3) is 5.91 Å². The van der Waals surface area contributed by atoms with Crippen molar-refractivity contribution in [1.29, 1.82) is 0 Å². The summed E-state index contributed by atoms with van der Waals surface area (Å²) < 4.78 is 0. The molecule has 152 valence electrons. The van der Waals surface area contributed by atoms with Gasteiger partial charge >= 0.3 is 0 Å². The van der Waals surface area contributed by atoms with Crippen molar-refractivity contribution in [1.82, 2.24) is 14.9 Å². The number of rotatable bonds is 3. The van der Waals surface area contributed by atoms with E-state index in [1.807, 2.05) is 30.1 Å². The molecule has 3 aromatic rings. The molecule has 0 spiro atoms. The Kier molecular flexibility index (Phi) is 4.71. The predicted molar refractivity (Wildman–Crippen MR) is 115 cm³/mol. The van der Waals surface area contributed by atoms with E-state index in [0.717, 1.165) is 28.8 Å². The van der Waals surface area contributed by atoms with Crippen LogP contribution in [0.5, 0.6) is 0 Å². The molecule has 6 nitrogen and oxygen atoms in total. The second kappa shape index (κ2) is 7.54. The van der Waals surface area contributed by atoms with Gasteiger partial charge in [-0.25, -0.2) is 4.98 Å². The fourth-order valence-corrected chi connectivity index (χ4v) is 5.05. The van der Waals surface area contributed by atoms with Crippen LogP contribution in [0.2, 0.25) is 0 Å². The van der Waals surface area contributed by atoms with E-state index in [0.29, 0.717) is 12.2 Å². The van der Waals surface area contributed by atoms with Crippen LogP contribution >= 0.6 is 0 Å². The van der Waals surface area contributed by atoms with Crippen LogP contribution in [0.4, 0.5) is 5.69 Å². The highest BCUT2D eigenvalue weighted by molar-refractivity contribution is 5.93. The second-order valence-electron chi connectivity index (χ2n) is 7.99. The summed E-state index contributed by atoms with van der Waals surface area (Å²) in [5.41, 5.74) is 4.83. The molecule has 0 saturated carbocycles. The summed E-state index contributed by atoms with van der Waals surface area (Å²) in [4.78, 5) is 25.7. The number of hydrogen-bond acceptors (Lipinski definition) is 5. The van der Waals surface area contributed by atoms with Crippen molar-refractivity contribution in [2.75, 3.05) is 25.1 Å². The van der Waals surface area contributed by atoms with Crippen molar-refractivity contribution in [2.45, 2.75) is 18.5 Å². The third-order valence-corrected chi connectivity index (χ3v) is 6.50. The number of carbonyl (C=O) groups is 1. The van der Waals surface area contributed by atoms with Crippen LogP contribution in [0.3, 0.4) is 0 Å². The van der Waals surface area contributed by atoms with Crippen LogP contribution in [0.1, 0.15) is 28.5 Å². The molecule has 3 heterocycles. The van der Waals surface area contributed by atoms with Crippen LogP contribution in [-0.2, 0) is 0 Å². The van der Waals surface area contributed by atoms with Gasteiger partial charge in [-0.15, -0.1) is 0 Å². The van der Waals surface area contributed by atoms with Gasteiger partial charge in [0.2, 0.25) is 0 Å². The van der Waals surface area contributed by atoms with Gasteiger partial charge in [0.15, 0.2) is 0 Å². The third-order valence-electron chi connectivity index (χ3n) is 6.50. The summed E-state index contributed by atoms with van der Waals surface area (Å²) in [7, 11) is 2.03. The molecule has 30 heavy (non-hydrogen) atoms. The number of nitrogens with zero attached hydrogens (tertiary/aromatic N) is 4. The molecule has 0 bridgehead atoms. The Hall–Kier alpha value is -3.25. The number of aromatic nitrogens is 2. The highest BCUT2D eigenvalue weighted by atomic mass is 16.3. The number of aliphatic hydroxyl groups excluding tert-OH is 1. The van der Waals surface area contributed by atoms with Gasteiger partial charge in [0, 0.05) is 37.6 Å². The third kappa shape index (κ3) is 2.95. The minimum atomic E-state index is -0.104. The smallest absolute Gasteiger partial charge is 0.274 e. The van der Waals surface area contributed by atoms with E-state index in [2.05, 4.69) is 45.2 Å². The maximum Gasteiger partial charge on any atom is 0.274 e. The summed E-state index contributed by atoms with van der Waals surface area (Å²) in [6.45, 7) is 0.703. The zero-order chi connectivity index (χ0) is 20.7. The first-order chi connectivity index (χ1) is 14.7. The molecule has 1 saturated heterocycles. The molecular weight excluding hydrogens is 376 g/mol. The number of likely N-dealkylation sites (N-methyl/N-ethyl adjacent to an activating group) is 1. The van der Waals surface area contributed by atoms with E-state index in [4.69, 9.17) is 0 Å². The molecule has 0 radical (unpaired) electrons. The summed E-state index contributed by atoms with van der Waals surface area (Å²) >= 11 is 0. The summed E-state index contributed by atoms with van der Waals surface area (Å²) in [6.07, 6.45) is 5.49. The first-order valence-corrected chi connectivity index (χ1v) is 10.3. The van der Waals surface area contributed by atoms with Crippen molar-refractivity contribution < 1.29 is 9.90 Å². The average molecular weight is 400 g/mol. The van der Waals surface area contributed by atoms with Crippen LogP contribution < -0.4 is 4.90 Å². The molecule has 2 aliphatic rings. The fraction of sp³-hybridized carbons (Fsp3) is 0.292. The Balaban J connectivity index is 1.61. The lowest BCUT2D eigenvalue weighted by atomic mass is 9.81. The quantitative estimate of drug-likeness (QED) is 0.731. The predicted octanol–water partition coefficient (Wildman–Crippen LogP) is 3.16. The number of benzene rings is 2. The van der Waals surface area contributed by atoms with Crippen molar-refractivity contribution in [3.8, 4) is 11.1 Å². The van der Waals surface area contributed by atoms with Crippen LogP contribution in [-0.4, -0.2) is 52.1 Å². The SMILES string of the molecule is CN1c2ccc(-c3ccccc3)cc2[C@@H]2[C@@H](CCN2C(=O)c2cnccn2)[C@H]1CO. The minimum absolute atomic E-state index is 0.0234. The number of likely N-dealkylation sites (tertiary alicyclic amines) is 1. The molecule has 1 N–H and O–H groups in total. The van der Waals surface area contributed by atoms with Gasteiger partial charge in [0.1, 0.15) is 5.69 Å². The summed E-state index contributed by atoms with van der Waals surface area (Å²) in [6, 6.07) is 16.6. The molecule has 0 aliphatic carbocycles. The van der Waals surface area contributed by atoms with Crippen molar-refractivity contribution >= 4 is 11.6 Å². The maximum atomic E-state index is 13.3. The zero-order valence-electron chi connectivity index (χ0n) is 16.8. The van der Waals surface area contributed by atoms with Crippen molar-refractivity contribution in [3.63, 3.8) is 0 Å². The lowest BCUT2D eigenvalue weighted by Crippen LogP contribution is -2.48. The molecule has 1 aromatic heterocycles. The lowest BCUT2D eigenvalue weighted by molar-refractivity contribution is 0.0687. The van der Waals surface area contributed by atoms with Gasteiger partial charge in [-0.1, -0.05) is 36.4 Å². The van der Waals surface area contributed by atoms with Crippen molar-refractivity contribution in [2.24, 2.45) is 5.92 Å².